The molecule has 0 radical (unpaired) electrons. The lowest BCUT2D eigenvalue weighted by Gasteiger charge is -2.09. The van der Waals surface area contributed by atoms with Crippen LogP contribution in [0.3, 0.4) is 0 Å². The molecule has 102 valence electrons. The smallest absolute Gasteiger partial charge is 0.396 e. The lowest BCUT2D eigenvalue weighted by molar-refractivity contribution is -0.137. The van der Waals surface area contributed by atoms with Crippen LogP contribution in [0.15, 0.2) is 42.6 Å². The van der Waals surface area contributed by atoms with Gasteiger partial charge in [0.25, 0.3) is 0 Å². The number of pyridine rings is 1. The molecule has 3 aromatic rings. The van der Waals surface area contributed by atoms with Crippen LogP contribution in [-0.4, -0.2) is 14.6 Å². The molecule has 0 saturated carbocycles. The second-order valence-electron chi connectivity index (χ2n) is 4.27. The predicted octanol–water partition coefficient (Wildman–Crippen LogP) is 3.00. The lowest BCUT2D eigenvalue weighted by atomic mass is 10.2. The van der Waals surface area contributed by atoms with E-state index in [1.165, 1.54) is 4.40 Å². The summed E-state index contributed by atoms with van der Waals surface area (Å²) in [4.78, 5) is 0. The van der Waals surface area contributed by atoms with Gasteiger partial charge in [-0.2, -0.15) is 13.2 Å². The topological polar surface area (TPSA) is 56.2 Å². The van der Waals surface area contributed by atoms with Gasteiger partial charge in [0.2, 0.25) is 0 Å². The zero-order valence-corrected chi connectivity index (χ0v) is 10.1. The molecule has 2 aromatic heterocycles. The lowest BCUT2D eigenvalue weighted by Crippen LogP contribution is -2.08. The van der Waals surface area contributed by atoms with Crippen molar-refractivity contribution in [2.24, 2.45) is 0 Å². The van der Waals surface area contributed by atoms with Crippen LogP contribution in [0.2, 0.25) is 0 Å². The molecule has 3 rings (SSSR count). The highest BCUT2D eigenvalue weighted by Gasteiger charge is 2.32. The second-order valence-corrected chi connectivity index (χ2v) is 4.27. The third-order valence-electron chi connectivity index (χ3n) is 2.89. The fraction of sp³-hybridized carbons (Fsp3) is 0.0769. The number of nitrogens with zero attached hydrogens (tertiary/aromatic N) is 3. The molecule has 0 aliphatic carbocycles. The Bertz CT molecular complexity index is 762. The number of anilines is 1. The molecule has 0 aliphatic heterocycles. The minimum absolute atomic E-state index is 0.0606. The van der Waals surface area contributed by atoms with Crippen molar-refractivity contribution in [1.29, 1.82) is 0 Å². The number of halogens is 3. The summed E-state index contributed by atoms with van der Waals surface area (Å²) in [5.41, 5.74) is 5.60. The molecule has 7 heteroatoms. The summed E-state index contributed by atoms with van der Waals surface area (Å²) >= 11 is 0. The van der Waals surface area contributed by atoms with E-state index in [2.05, 4.69) is 10.2 Å². The number of hydrogen-bond acceptors (Lipinski definition) is 3. The maximum Gasteiger partial charge on any atom is 0.417 e. The van der Waals surface area contributed by atoms with Gasteiger partial charge < -0.3 is 5.73 Å². The Morgan fingerprint density at radius 2 is 1.75 bits per heavy atom. The van der Waals surface area contributed by atoms with E-state index in [4.69, 9.17) is 5.73 Å². The second kappa shape index (κ2) is 4.22. The first-order chi connectivity index (χ1) is 9.47. The molecule has 0 atom stereocenters. The average Bonchev–Trinajstić information content (AvgIpc) is 2.83. The predicted molar refractivity (Wildman–Crippen MR) is 67.8 cm³/mol. The Morgan fingerprint density at radius 1 is 1.05 bits per heavy atom. The number of hydrogen-bond donors (Lipinski definition) is 1. The molecule has 20 heavy (non-hydrogen) atoms. The molecular weight excluding hydrogens is 269 g/mol. The molecule has 0 spiro atoms. The van der Waals surface area contributed by atoms with Gasteiger partial charge in [0.05, 0.1) is 11.3 Å². The largest absolute Gasteiger partial charge is 0.417 e. The first kappa shape index (κ1) is 12.5. The van der Waals surface area contributed by atoms with Crippen molar-refractivity contribution >= 4 is 11.3 Å². The fourth-order valence-corrected chi connectivity index (χ4v) is 1.96. The van der Waals surface area contributed by atoms with E-state index in [0.29, 0.717) is 11.4 Å². The third-order valence-corrected chi connectivity index (χ3v) is 2.89. The van der Waals surface area contributed by atoms with Gasteiger partial charge in [-0.3, -0.25) is 4.40 Å². The quantitative estimate of drug-likeness (QED) is 0.744. The number of nitrogens with two attached hydrogens (primary N) is 1. The number of fused-ring (bicyclic) bond motifs is 1. The molecule has 0 fully saturated rings. The summed E-state index contributed by atoms with van der Waals surface area (Å²) in [5, 5.41) is 7.75. The van der Waals surface area contributed by atoms with E-state index in [-0.39, 0.29) is 11.3 Å². The summed E-state index contributed by atoms with van der Waals surface area (Å²) in [6, 6.07) is 9.70. The van der Waals surface area contributed by atoms with E-state index < -0.39 is 11.7 Å². The summed E-state index contributed by atoms with van der Waals surface area (Å²) < 4.78 is 39.7. The van der Waals surface area contributed by atoms with Crippen LogP contribution >= 0.6 is 0 Å². The summed E-state index contributed by atoms with van der Waals surface area (Å²) in [6.07, 6.45) is -3.52. The highest BCUT2D eigenvalue weighted by Crippen LogP contribution is 2.32. The molecule has 0 bridgehead atoms. The number of rotatable bonds is 1. The first-order valence-electron chi connectivity index (χ1n) is 5.73. The molecule has 2 heterocycles. The molecular formula is C13H9F3N4. The van der Waals surface area contributed by atoms with Gasteiger partial charge in [0.15, 0.2) is 11.5 Å². The molecule has 0 saturated heterocycles. The van der Waals surface area contributed by atoms with Crippen LogP contribution in [0.1, 0.15) is 5.56 Å². The minimum atomic E-state index is -4.47. The van der Waals surface area contributed by atoms with Gasteiger partial charge in [0, 0.05) is 11.8 Å². The van der Waals surface area contributed by atoms with E-state index in [9.17, 15) is 13.2 Å². The van der Waals surface area contributed by atoms with E-state index in [1.54, 1.807) is 24.3 Å². The average molecular weight is 278 g/mol. The molecule has 0 amide bonds. The van der Waals surface area contributed by atoms with Gasteiger partial charge in [-0.05, 0) is 6.07 Å². The first-order valence-corrected chi connectivity index (χ1v) is 5.73. The Morgan fingerprint density at radius 3 is 2.40 bits per heavy atom. The van der Waals surface area contributed by atoms with E-state index in [1.807, 2.05) is 6.07 Å². The highest BCUT2D eigenvalue weighted by molar-refractivity contribution is 5.70. The molecule has 2 N–H and O–H groups in total. The Balaban J connectivity index is 2.28. The zero-order valence-electron chi connectivity index (χ0n) is 10.1. The van der Waals surface area contributed by atoms with Crippen LogP contribution in [0, 0.1) is 0 Å². The van der Waals surface area contributed by atoms with Gasteiger partial charge in [-0.15, -0.1) is 10.2 Å². The third kappa shape index (κ3) is 1.97. The highest BCUT2D eigenvalue weighted by atomic mass is 19.4. The molecule has 0 aliphatic rings. The van der Waals surface area contributed by atoms with E-state index in [0.717, 1.165) is 12.3 Å². The maximum absolute atomic E-state index is 12.8. The van der Waals surface area contributed by atoms with Crippen molar-refractivity contribution in [2.75, 3.05) is 5.73 Å². The van der Waals surface area contributed by atoms with Gasteiger partial charge in [0.1, 0.15) is 0 Å². The van der Waals surface area contributed by atoms with Gasteiger partial charge >= 0.3 is 6.18 Å². The minimum Gasteiger partial charge on any atom is -0.396 e. The molecule has 4 nitrogen and oxygen atoms in total. The van der Waals surface area contributed by atoms with Crippen molar-refractivity contribution in [3.63, 3.8) is 0 Å². The normalized spacial score (nSPS) is 11.9. The molecule has 1 aromatic carbocycles. The number of nitrogen functional groups attached to an aromatic ring is 1. The Hall–Kier alpha value is -2.57. The Kier molecular flexibility index (Phi) is 2.63. The summed E-state index contributed by atoms with van der Waals surface area (Å²) in [7, 11) is 0. The van der Waals surface area contributed by atoms with Crippen LogP contribution < -0.4 is 5.73 Å². The van der Waals surface area contributed by atoms with Crippen molar-refractivity contribution in [1.82, 2.24) is 14.6 Å². The van der Waals surface area contributed by atoms with Crippen molar-refractivity contribution < 1.29 is 13.2 Å². The van der Waals surface area contributed by atoms with Gasteiger partial charge in [-0.25, -0.2) is 0 Å². The van der Waals surface area contributed by atoms with Crippen LogP contribution in [-0.2, 0) is 6.18 Å². The van der Waals surface area contributed by atoms with E-state index >= 15 is 0 Å². The zero-order chi connectivity index (χ0) is 14.3. The SMILES string of the molecule is Nc1cc(C(F)(F)F)cn2c(-c3ccccc3)nnc12. The van der Waals surface area contributed by atoms with Gasteiger partial charge in [-0.1, -0.05) is 30.3 Å². The van der Waals surface area contributed by atoms with Crippen molar-refractivity contribution in [3.8, 4) is 11.4 Å². The number of aromatic nitrogens is 3. The Labute approximate surface area is 111 Å². The monoisotopic (exact) mass is 278 g/mol. The number of benzene rings is 1. The van der Waals surface area contributed by atoms with Crippen molar-refractivity contribution in [3.05, 3.63) is 48.2 Å². The number of alkyl halides is 3. The molecule has 0 unspecified atom stereocenters. The van der Waals surface area contributed by atoms with Crippen LogP contribution in [0.5, 0.6) is 0 Å². The van der Waals surface area contributed by atoms with Crippen molar-refractivity contribution in [2.45, 2.75) is 6.18 Å². The summed E-state index contributed by atoms with van der Waals surface area (Å²) in [6.45, 7) is 0. The fourth-order valence-electron chi connectivity index (χ4n) is 1.96. The van der Waals surface area contributed by atoms with Crippen LogP contribution in [0.4, 0.5) is 18.9 Å². The standard InChI is InChI=1S/C13H9F3N4/c14-13(15,16)9-6-10(17)12-19-18-11(20(12)7-9)8-4-2-1-3-5-8/h1-7H,17H2. The summed E-state index contributed by atoms with van der Waals surface area (Å²) in [5.74, 6) is 0.318. The van der Waals surface area contributed by atoms with Crippen LogP contribution in [0.25, 0.3) is 17.0 Å². The maximum atomic E-state index is 12.8.